The molecule has 41 heavy (non-hydrogen) atoms. The smallest absolute Gasteiger partial charge is 0.255 e. The van der Waals surface area contributed by atoms with E-state index in [9.17, 15) is 39.6 Å². The lowest BCUT2D eigenvalue weighted by Gasteiger charge is -2.59. The van der Waals surface area contributed by atoms with Gasteiger partial charge in [0.25, 0.3) is 5.91 Å². The highest BCUT2D eigenvalue weighted by Crippen LogP contribution is 2.63. The number of hydrogen-bond donors (Lipinski definition) is 6. The fourth-order valence-corrected chi connectivity index (χ4v) is 7.43. The molecule has 2 amide bonds. The molecule has 0 saturated heterocycles. The molecule has 11 nitrogen and oxygen atoms in total. The molecule has 0 bridgehead atoms. The Kier molecular flexibility index (Phi) is 5.99. The topological polar surface area (TPSA) is 204 Å². The number of aromatic hydroxyl groups is 1. The van der Waals surface area contributed by atoms with Gasteiger partial charge in [0, 0.05) is 22.0 Å². The number of benzene rings is 2. The molecule has 5 rings (SSSR count). The summed E-state index contributed by atoms with van der Waals surface area (Å²) in [5, 5.41) is 45.7. The summed E-state index contributed by atoms with van der Waals surface area (Å²) in [6.45, 7) is 3.18. The maximum absolute atomic E-state index is 14.3. The molecule has 0 aliphatic heterocycles. The number of aliphatic hydroxyl groups is 3. The van der Waals surface area contributed by atoms with E-state index < -0.39 is 62.9 Å². The molecule has 4 atom stereocenters. The normalized spacial score (nSPS) is 29.3. The predicted molar refractivity (Wildman–Crippen MR) is 147 cm³/mol. The number of ketones is 2. The Morgan fingerprint density at radius 3 is 2.24 bits per heavy atom. The van der Waals surface area contributed by atoms with E-state index in [1.54, 1.807) is 51.4 Å². The minimum absolute atomic E-state index is 0.0466. The SMILES string of the molecule is CN(C)[C@@H]1C(=O)C(C(N)=O)=C(O)[C@@]2(O)C(=O)C3=C(O)c4c(O)ccc(-c5cccc(C(N)=O)c5)c4C[C@@]3(C)C[C@@]12C. The number of nitrogens with zero attached hydrogens (tertiary/aromatic N) is 1. The number of carbonyl (C=O) groups excluding carboxylic acids is 4. The summed E-state index contributed by atoms with van der Waals surface area (Å²) >= 11 is 0. The number of aliphatic hydroxyl groups excluding tert-OH is 2. The van der Waals surface area contributed by atoms with Gasteiger partial charge in [-0.15, -0.1) is 0 Å². The van der Waals surface area contributed by atoms with Crippen molar-refractivity contribution in [2.24, 2.45) is 22.3 Å². The quantitative estimate of drug-likeness (QED) is 0.299. The van der Waals surface area contributed by atoms with Gasteiger partial charge in [-0.05, 0) is 61.8 Å². The Morgan fingerprint density at radius 1 is 1.00 bits per heavy atom. The van der Waals surface area contributed by atoms with Gasteiger partial charge in [0.2, 0.25) is 11.7 Å². The summed E-state index contributed by atoms with van der Waals surface area (Å²) in [7, 11) is 3.09. The van der Waals surface area contributed by atoms with Gasteiger partial charge < -0.3 is 31.9 Å². The van der Waals surface area contributed by atoms with Gasteiger partial charge in [-0.25, -0.2) is 0 Å². The third-order valence-electron chi connectivity index (χ3n) is 8.97. The standard InChI is InChI=1S/C30H31N3O8/c1-28-11-16-15(13-6-5-7-14(10-13)26(31)39)8-9-17(34)18(16)21(35)20(28)25(38)30(41)24(37)19(27(32)40)22(36)23(33(3)4)29(30,2)12-28/h5-10,23,34-35,37,41H,11-12H2,1-4H3,(H2,31,39)(H2,32,40)/t23-,28+,29+,30-/m1/s1. The van der Waals surface area contributed by atoms with Crippen LogP contribution in [0.4, 0.5) is 0 Å². The second-order valence-corrected chi connectivity index (χ2v) is 11.8. The first-order chi connectivity index (χ1) is 19.0. The summed E-state index contributed by atoms with van der Waals surface area (Å²) in [6.07, 6.45) is -0.0205. The van der Waals surface area contributed by atoms with Crippen molar-refractivity contribution in [1.82, 2.24) is 4.90 Å². The number of Topliss-reactive ketones (excluding diaryl/α,β-unsaturated/α-hetero) is 2. The highest BCUT2D eigenvalue weighted by Gasteiger charge is 2.72. The maximum atomic E-state index is 14.3. The van der Waals surface area contributed by atoms with Crippen LogP contribution < -0.4 is 11.5 Å². The third kappa shape index (κ3) is 3.52. The molecule has 11 heteroatoms. The van der Waals surface area contributed by atoms with Gasteiger partial charge in [0.1, 0.15) is 22.8 Å². The Balaban J connectivity index is 1.82. The number of fused-ring (bicyclic) bond motifs is 3. The molecule has 3 aliphatic rings. The van der Waals surface area contributed by atoms with E-state index in [-0.39, 0.29) is 35.3 Å². The zero-order chi connectivity index (χ0) is 30.4. The number of phenolic OH excluding ortho intramolecular Hbond substituents is 1. The summed E-state index contributed by atoms with van der Waals surface area (Å²) in [4.78, 5) is 53.4. The molecule has 1 fully saturated rings. The molecule has 2 aromatic rings. The first-order valence-corrected chi connectivity index (χ1v) is 12.9. The van der Waals surface area contributed by atoms with Crippen molar-refractivity contribution in [2.75, 3.05) is 14.1 Å². The second-order valence-electron chi connectivity index (χ2n) is 11.8. The molecular formula is C30H31N3O8. The van der Waals surface area contributed by atoms with E-state index in [0.29, 0.717) is 16.7 Å². The molecule has 0 radical (unpaired) electrons. The zero-order valence-electron chi connectivity index (χ0n) is 23.0. The summed E-state index contributed by atoms with van der Waals surface area (Å²) < 4.78 is 0. The number of phenols is 1. The molecule has 0 aromatic heterocycles. The minimum atomic E-state index is -2.79. The van der Waals surface area contributed by atoms with Crippen LogP contribution in [0.1, 0.15) is 41.8 Å². The van der Waals surface area contributed by atoms with Gasteiger partial charge in [-0.2, -0.15) is 0 Å². The zero-order valence-corrected chi connectivity index (χ0v) is 23.0. The molecule has 0 spiro atoms. The second kappa shape index (κ2) is 8.76. The van der Waals surface area contributed by atoms with Gasteiger partial charge >= 0.3 is 0 Å². The Hall–Kier alpha value is -4.48. The van der Waals surface area contributed by atoms with Crippen molar-refractivity contribution in [3.63, 3.8) is 0 Å². The number of primary amides is 2. The average molecular weight is 562 g/mol. The number of amides is 2. The monoisotopic (exact) mass is 561 g/mol. The summed E-state index contributed by atoms with van der Waals surface area (Å²) in [6, 6.07) is 8.23. The van der Waals surface area contributed by atoms with Crippen molar-refractivity contribution >= 4 is 29.1 Å². The first-order valence-electron chi connectivity index (χ1n) is 12.9. The number of carbonyl (C=O) groups is 4. The van der Waals surface area contributed by atoms with Crippen molar-refractivity contribution in [2.45, 2.75) is 38.3 Å². The van der Waals surface area contributed by atoms with E-state index in [2.05, 4.69) is 0 Å². The average Bonchev–Trinajstić information content (AvgIpc) is 2.86. The fraction of sp³-hybridized carbons (Fsp3) is 0.333. The van der Waals surface area contributed by atoms with Gasteiger partial charge in [0.05, 0.1) is 11.6 Å². The Morgan fingerprint density at radius 2 is 1.66 bits per heavy atom. The van der Waals surface area contributed by atoms with Crippen LogP contribution in [-0.2, 0) is 20.8 Å². The van der Waals surface area contributed by atoms with Crippen LogP contribution in [0.25, 0.3) is 16.9 Å². The van der Waals surface area contributed by atoms with E-state index in [1.807, 2.05) is 0 Å². The van der Waals surface area contributed by atoms with Crippen molar-refractivity contribution in [3.8, 4) is 16.9 Å². The minimum Gasteiger partial charge on any atom is -0.508 e. The predicted octanol–water partition coefficient (Wildman–Crippen LogP) is 1.51. The number of nitrogens with two attached hydrogens (primary N) is 2. The number of likely N-dealkylation sites (N-methyl/N-ethyl adjacent to an activating group) is 1. The Bertz CT molecular complexity index is 1660. The van der Waals surface area contributed by atoms with Gasteiger partial charge in [-0.3, -0.25) is 24.1 Å². The van der Waals surface area contributed by atoms with Crippen molar-refractivity contribution in [1.29, 1.82) is 0 Å². The van der Waals surface area contributed by atoms with Crippen molar-refractivity contribution in [3.05, 3.63) is 70.0 Å². The first kappa shape index (κ1) is 28.1. The highest BCUT2D eigenvalue weighted by atomic mass is 16.3. The molecule has 0 heterocycles. The van der Waals surface area contributed by atoms with Crippen LogP contribution in [0.3, 0.4) is 0 Å². The molecule has 0 unspecified atom stereocenters. The molecular weight excluding hydrogens is 530 g/mol. The summed E-state index contributed by atoms with van der Waals surface area (Å²) in [5.74, 6) is -5.98. The van der Waals surface area contributed by atoms with Crippen LogP contribution in [-0.4, -0.2) is 74.4 Å². The lowest BCUT2D eigenvalue weighted by atomic mass is 9.46. The van der Waals surface area contributed by atoms with Crippen LogP contribution in [0.5, 0.6) is 5.75 Å². The van der Waals surface area contributed by atoms with Crippen LogP contribution in [0.2, 0.25) is 0 Å². The van der Waals surface area contributed by atoms with Crippen LogP contribution in [0, 0.1) is 10.8 Å². The lowest BCUT2D eigenvalue weighted by Crippen LogP contribution is -2.72. The van der Waals surface area contributed by atoms with E-state index in [4.69, 9.17) is 11.5 Å². The van der Waals surface area contributed by atoms with Gasteiger partial charge in [-0.1, -0.05) is 32.0 Å². The van der Waals surface area contributed by atoms with Crippen molar-refractivity contribution < 1.29 is 39.6 Å². The van der Waals surface area contributed by atoms with E-state index in [0.717, 1.165) is 0 Å². The third-order valence-corrected chi connectivity index (χ3v) is 8.97. The number of hydrogen-bond acceptors (Lipinski definition) is 9. The van der Waals surface area contributed by atoms with E-state index >= 15 is 0 Å². The molecule has 214 valence electrons. The molecule has 2 aromatic carbocycles. The summed E-state index contributed by atoms with van der Waals surface area (Å²) in [5.41, 5.74) is 5.89. The van der Waals surface area contributed by atoms with Gasteiger partial charge in [0.15, 0.2) is 11.4 Å². The highest BCUT2D eigenvalue weighted by molar-refractivity contribution is 6.25. The van der Waals surface area contributed by atoms with Crippen LogP contribution >= 0.6 is 0 Å². The molecule has 3 aliphatic carbocycles. The molecule has 1 saturated carbocycles. The van der Waals surface area contributed by atoms with E-state index in [1.165, 1.54) is 17.9 Å². The lowest BCUT2D eigenvalue weighted by molar-refractivity contribution is -0.175. The number of rotatable bonds is 4. The maximum Gasteiger partial charge on any atom is 0.255 e. The largest absolute Gasteiger partial charge is 0.508 e. The Labute approximate surface area is 235 Å². The van der Waals surface area contributed by atoms with Crippen LogP contribution in [0.15, 0.2) is 53.3 Å². The fourth-order valence-electron chi connectivity index (χ4n) is 7.43. The molecule has 8 N–H and O–H groups in total.